The van der Waals surface area contributed by atoms with Crippen molar-refractivity contribution in [3.8, 4) is 5.75 Å². The van der Waals surface area contributed by atoms with Crippen molar-refractivity contribution in [2.75, 3.05) is 12.4 Å². The van der Waals surface area contributed by atoms with Crippen LogP contribution < -0.4 is 15.8 Å². The smallest absolute Gasteiger partial charge is 0.260 e. The topological polar surface area (TPSA) is 81.4 Å². The van der Waals surface area contributed by atoms with Crippen molar-refractivity contribution < 1.29 is 14.3 Å². The lowest BCUT2D eigenvalue weighted by Gasteiger charge is -2.09. The number of nitrogens with two attached hydrogens (primary N) is 1. The number of benzene rings is 1. The Balaban J connectivity index is 2.35. The molecule has 0 fully saturated rings. The summed E-state index contributed by atoms with van der Waals surface area (Å²) in [7, 11) is 1.47. The Morgan fingerprint density at radius 2 is 2.05 bits per heavy atom. The molecule has 0 aliphatic heterocycles. The highest BCUT2D eigenvalue weighted by atomic mass is 35.5. The molecule has 1 aromatic carbocycles. The quantitative estimate of drug-likeness (QED) is 0.877. The van der Waals surface area contributed by atoms with E-state index in [0.29, 0.717) is 21.3 Å². The number of rotatable bonds is 5. The molecular weight excluding hydrogens is 324 g/mol. The fourth-order valence-electron chi connectivity index (χ4n) is 1.92. The Bertz CT molecular complexity index is 728. The molecular formula is C15H15ClN2O3S. The van der Waals surface area contributed by atoms with E-state index in [0.717, 1.165) is 11.3 Å². The molecule has 5 nitrogen and oxygen atoms in total. The summed E-state index contributed by atoms with van der Waals surface area (Å²) in [5, 5.41) is 3.55. The molecule has 1 aromatic heterocycles. The van der Waals surface area contributed by atoms with Crippen LogP contribution in [0.25, 0.3) is 0 Å². The number of hydrogen-bond acceptors (Lipinski definition) is 4. The zero-order valence-corrected chi connectivity index (χ0v) is 13.7. The Morgan fingerprint density at radius 1 is 1.32 bits per heavy atom. The van der Waals surface area contributed by atoms with Crippen LogP contribution in [0.15, 0.2) is 24.3 Å². The van der Waals surface area contributed by atoms with E-state index >= 15 is 0 Å². The minimum atomic E-state index is -0.579. The lowest BCUT2D eigenvalue weighted by Crippen LogP contribution is -2.17. The van der Waals surface area contributed by atoms with Crippen molar-refractivity contribution in [3.05, 3.63) is 45.3 Å². The van der Waals surface area contributed by atoms with Crippen molar-refractivity contribution in [1.29, 1.82) is 0 Å². The number of hydrogen-bond donors (Lipinski definition) is 2. The van der Waals surface area contributed by atoms with Gasteiger partial charge in [0.2, 0.25) is 0 Å². The predicted molar refractivity (Wildman–Crippen MR) is 88.2 cm³/mol. The van der Waals surface area contributed by atoms with E-state index in [1.165, 1.54) is 24.5 Å². The number of aryl methyl sites for hydroxylation is 1. The highest BCUT2D eigenvalue weighted by Crippen LogP contribution is 2.30. The minimum Gasteiger partial charge on any atom is -0.496 e. The average molecular weight is 339 g/mol. The van der Waals surface area contributed by atoms with Crippen molar-refractivity contribution in [2.45, 2.75) is 13.3 Å². The number of methoxy groups -OCH3 is 1. The first-order valence-electron chi connectivity index (χ1n) is 6.53. The fraction of sp³-hybridized carbons (Fsp3) is 0.200. The van der Waals surface area contributed by atoms with Gasteiger partial charge in [-0.3, -0.25) is 9.59 Å². The molecule has 2 aromatic rings. The molecule has 3 N–H and O–H groups in total. The molecule has 0 radical (unpaired) electrons. The zero-order valence-electron chi connectivity index (χ0n) is 12.1. The molecule has 0 atom stereocenters. The molecule has 0 saturated carbocycles. The number of thiophene rings is 1. The van der Waals surface area contributed by atoms with Crippen LogP contribution in [0.1, 0.15) is 32.5 Å². The Hall–Kier alpha value is -2.05. The van der Waals surface area contributed by atoms with Crippen molar-refractivity contribution >= 4 is 39.8 Å². The summed E-state index contributed by atoms with van der Waals surface area (Å²) in [5.74, 6) is -0.592. The van der Waals surface area contributed by atoms with Crippen LogP contribution in [0.3, 0.4) is 0 Å². The summed E-state index contributed by atoms with van der Waals surface area (Å²) in [6.07, 6.45) is 0.751. The summed E-state index contributed by atoms with van der Waals surface area (Å²) < 4.78 is 5.16. The van der Waals surface area contributed by atoms with Gasteiger partial charge < -0.3 is 15.8 Å². The average Bonchev–Trinajstić information content (AvgIpc) is 2.90. The molecule has 0 aliphatic carbocycles. The third-order valence-corrected chi connectivity index (χ3v) is 4.46. The number of halogens is 1. The van der Waals surface area contributed by atoms with Gasteiger partial charge in [0.15, 0.2) is 0 Å². The van der Waals surface area contributed by atoms with Gasteiger partial charge in [-0.25, -0.2) is 0 Å². The number of ether oxygens (including phenoxy) is 1. The lowest BCUT2D eigenvalue weighted by atomic mass is 10.2. The third-order valence-electron chi connectivity index (χ3n) is 3.03. The number of carbonyl (C=O) groups is 2. The highest BCUT2D eigenvalue weighted by Gasteiger charge is 2.18. The van der Waals surface area contributed by atoms with Gasteiger partial charge in [0.05, 0.1) is 18.2 Å². The third kappa shape index (κ3) is 3.40. The van der Waals surface area contributed by atoms with Gasteiger partial charge in [0.1, 0.15) is 10.8 Å². The summed E-state index contributed by atoms with van der Waals surface area (Å²) in [6, 6.07) is 6.44. The monoisotopic (exact) mass is 338 g/mol. The SMILES string of the molecule is CCc1cc(C(N)=O)c(NC(=O)c2cc(Cl)ccc2OC)s1. The predicted octanol–water partition coefficient (Wildman–Crippen LogP) is 3.32. The lowest BCUT2D eigenvalue weighted by molar-refractivity contribution is 0.100. The summed E-state index contributed by atoms with van der Waals surface area (Å²) in [5.41, 5.74) is 5.94. The fourth-order valence-corrected chi connectivity index (χ4v) is 3.09. The van der Waals surface area contributed by atoms with E-state index in [2.05, 4.69) is 5.32 Å². The number of carbonyl (C=O) groups excluding carboxylic acids is 2. The van der Waals surface area contributed by atoms with Crippen LogP contribution in [-0.2, 0) is 6.42 Å². The van der Waals surface area contributed by atoms with E-state index in [9.17, 15) is 9.59 Å². The largest absolute Gasteiger partial charge is 0.496 e. The van der Waals surface area contributed by atoms with Crippen LogP contribution in [0.4, 0.5) is 5.00 Å². The maximum atomic E-state index is 12.4. The van der Waals surface area contributed by atoms with E-state index in [4.69, 9.17) is 22.1 Å². The Morgan fingerprint density at radius 3 is 2.64 bits per heavy atom. The van der Waals surface area contributed by atoms with Gasteiger partial charge in [0, 0.05) is 9.90 Å². The van der Waals surface area contributed by atoms with Crippen molar-refractivity contribution in [1.82, 2.24) is 0 Å². The van der Waals surface area contributed by atoms with Crippen LogP contribution in [-0.4, -0.2) is 18.9 Å². The highest BCUT2D eigenvalue weighted by molar-refractivity contribution is 7.16. The first-order chi connectivity index (χ1) is 10.5. The first-order valence-corrected chi connectivity index (χ1v) is 7.73. The van der Waals surface area contributed by atoms with Crippen LogP contribution in [0.5, 0.6) is 5.75 Å². The van der Waals surface area contributed by atoms with Crippen molar-refractivity contribution in [3.63, 3.8) is 0 Å². The number of primary amides is 1. The second kappa shape index (κ2) is 6.81. The molecule has 0 spiro atoms. The van der Waals surface area contributed by atoms with Gasteiger partial charge in [-0.2, -0.15) is 0 Å². The van der Waals surface area contributed by atoms with E-state index < -0.39 is 11.8 Å². The van der Waals surface area contributed by atoms with Crippen LogP contribution >= 0.6 is 22.9 Å². The second-order valence-electron chi connectivity index (χ2n) is 4.47. The van der Waals surface area contributed by atoms with Gasteiger partial charge in [-0.1, -0.05) is 18.5 Å². The van der Waals surface area contributed by atoms with E-state index in [1.807, 2.05) is 6.92 Å². The Kier molecular flexibility index (Phi) is 5.05. The molecule has 0 aliphatic rings. The van der Waals surface area contributed by atoms with E-state index in [1.54, 1.807) is 18.2 Å². The molecule has 7 heteroatoms. The summed E-state index contributed by atoms with van der Waals surface area (Å²) in [6.45, 7) is 1.96. The molecule has 22 heavy (non-hydrogen) atoms. The number of amides is 2. The van der Waals surface area contributed by atoms with Gasteiger partial charge in [-0.15, -0.1) is 11.3 Å². The van der Waals surface area contributed by atoms with E-state index in [-0.39, 0.29) is 5.56 Å². The number of nitrogens with one attached hydrogen (secondary N) is 1. The number of anilines is 1. The zero-order chi connectivity index (χ0) is 16.3. The standard InChI is InChI=1S/C15H15ClN2O3S/c1-3-9-7-11(13(17)19)15(22-9)18-14(20)10-6-8(16)4-5-12(10)21-2/h4-7H,3H2,1-2H3,(H2,17,19)(H,18,20). The van der Waals surface area contributed by atoms with Crippen molar-refractivity contribution in [2.24, 2.45) is 5.73 Å². The molecule has 2 rings (SSSR count). The van der Waals surface area contributed by atoms with Gasteiger partial charge >= 0.3 is 0 Å². The van der Waals surface area contributed by atoms with Gasteiger partial charge in [-0.05, 0) is 30.7 Å². The maximum Gasteiger partial charge on any atom is 0.260 e. The van der Waals surface area contributed by atoms with Gasteiger partial charge in [0.25, 0.3) is 11.8 Å². The summed E-state index contributed by atoms with van der Waals surface area (Å²) in [4.78, 5) is 24.9. The molecule has 116 valence electrons. The normalized spacial score (nSPS) is 10.3. The van der Waals surface area contributed by atoms with Crippen LogP contribution in [0.2, 0.25) is 5.02 Å². The molecule has 0 bridgehead atoms. The Labute approximate surface area is 137 Å². The molecule has 0 saturated heterocycles. The molecule has 2 amide bonds. The first kappa shape index (κ1) is 16.3. The second-order valence-corrected chi connectivity index (χ2v) is 6.05. The molecule has 1 heterocycles. The summed E-state index contributed by atoms with van der Waals surface area (Å²) >= 11 is 7.24. The molecule has 0 unspecified atom stereocenters. The minimum absolute atomic E-state index is 0.289. The van der Waals surface area contributed by atoms with Crippen LogP contribution in [0, 0.1) is 0 Å². The maximum absolute atomic E-state index is 12.4.